The molecule has 0 atom stereocenters. The summed E-state index contributed by atoms with van der Waals surface area (Å²) in [5, 5.41) is 3.33. The van der Waals surface area contributed by atoms with Gasteiger partial charge < -0.3 is 14.6 Å². The van der Waals surface area contributed by atoms with Gasteiger partial charge in [-0.3, -0.25) is 4.79 Å². The molecule has 4 heteroatoms. The van der Waals surface area contributed by atoms with E-state index < -0.39 is 0 Å². The average Bonchev–Trinajstić information content (AvgIpc) is 2.41. The summed E-state index contributed by atoms with van der Waals surface area (Å²) in [6.45, 7) is 6.83. The largest absolute Gasteiger partial charge is 0.484 e. The lowest BCUT2D eigenvalue weighted by atomic mass is 9.98. The molecule has 0 unspecified atom stereocenters. The maximum atomic E-state index is 12.1. The Morgan fingerprint density at radius 3 is 3.00 bits per heavy atom. The molecule has 0 aromatic carbocycles. The van der Waals surface area contributed by atoms with E-state index in [1.54, 1.807) is 16.7 Å². The summed E-state index contributed by atoms with van der Waals surface area (Å²) < 4.78 is 7.11. The molecule has 1 aliphatic heterocycles. The van der Waals surface area contributed by atoms with Crippen LogP contribution in [0.5, 0.6) is 5.75 Å². The minimum Gasteiger partial charge on any atom is -0.484 e. The van der Waals surface area contributed by atoms with E-state index in [0.717, 1.165) is 32.5 Å². The average molecular weight is 248 g/mol. The summed E-state index contributed by atoms with van der Waals surface area (Å²) >= 11 is 0. The number of ether oxygens (including phenoxy) is 1. The van der Waals surface area contributed by atoms with Gasteiger partial charge in [0.25, 0.3) is 5.56 Å². The van der Waals surface area contributed by atoms with E-state index >= 15 is 0 Å². The summed E-state index contributed by atoms with van der Waals surface area (Å²) in [6.07, 6.45) is 5.74. The molecule has 1 aromatic heterocycles. The maximum Gasteiger partial charge on any atom is 0.292 e. The summed E-state index contributed by atoms with van der Waals surface area (Å²) in [5.41, 5.74) is -0.0436. The number of hydrogen-bond acceptors (Lipinski definition) is 3. The fraction of sp³-hybridized carbons (Fsp3) is 0.500. The fourth-order valence-corrected chi connectivity index (χ4v) is 2.26. The Bertz CT molecular complexity index is 447. The number of nitrogens with one attached hydrogen (secondary N) is 1. The monoisotopic (exact) mass is 248 g/mol. The van der Waals surface area contributed by atoms with Crippen molar-refractivity contribution in [2.24, 2.45) is 5.92 Å². The van der Waals surface area contributed by atoms with Crippen molar-refractivity contribution in [2.75, 3.05) is 19.7 Å². The van der Waals surface area contributed by atoms with E-state index in [0.29, 0.717) is 18.3 Å². The first-order chi connectivity index (χ1) is 8.81. The third-order valence-electron chi connectivity index (χ3n) is 3.26. The number of aromatic nitrogens is 1. The Morgan fingerprint density at radius 2 is 2.28 bits per heavy atom. The van der Waals surface area contributed by atoms with Crippen LogP contribution in [-0.2, 0) is 6.54 Å². The number of nitrogens with zero attached hydrogens (tertiary/aromatic N) is 1. The zero-order valence-electron chi connectivity index (χ0n) is 10.6. The van der Waals surface area contributed by atoms with Gasteiger partial charge >= 0.3 is 0 Å². The van der Waals surface area contributed by atoms with E-state index in [2.05, 4.69) is 11.9 Å². The first-order valence-corrected chi connectivity index (χ1v) is 6.45. The number of hydrogen-bond donors (Lipinski definition) is 1. The molecule has 1 fully saturated rings. The Morgan fingerprint density at radius 1 is 1.50 bits per heavy atom. The normalized spacial score (nSPS) is 16.4. The third kappa shape index (κ3) is 3.23. The van der Waals surface area contributed by atoms with E-state index in [-0.39, 0.29) is 5.56 Å². The van der Waals surface area contributed by atoms with Crippen LogP contribution in [0.2, 0.25) is 0 Å². The van der Waals surface area contributed by atoms with E-state index in [9.17, 15) is 4.79 Å². The van der Waals surface area contributed by atoms with Crippen LogP contribution in [0.3, 0.4) is 0 Å². The van der Waals surface area contributed by atoms with Crippen molar-refractivity contribution in [3.05, 3.63) is 41.3 Å². The molecule has 18 heavy (non-hydrogen) atoms. The van der Waals surface area contributed by atoms with Gasteiger partial charge in [-0.15, -0.1) is 0 Å². The zero-order valence-corrected chi connectivity index (χ0v) is 10.6. The van der Waals surface area contributed by atoms with Crippen LogP contribution < -0.4 is 15.6 Å². The molecule has 1 N–H and O–H groups in total. The van der Waals surface area contributed by atoms with Crippen LogP contribution in [-0.4, -0.2) is 24.3 Å². The fourth-order valence-electron chi connectivity index (χ4n) is 2.26. The second kappa shape index (κ2) is 6.40. The Labute approximate surface area is 107 Å². The second-order valence-corrected chi connectivity index (χ2v) is 4.62. The smallest absolute Gasteiger partial charge is 0.292 e. The lowest BCUT2D eigenvalue weighted by Crippen LogP contribution is -2.32. The Hall–Kier alpha value is -1.55. The Kier molecular flexibility index (Phi) is 4.59. The summed E-state index contributed by atoms with van der Waals surface area (Å²) in [5.74, 6) is 0.991. The molecule has 2 heterocycles. The lowest BCUT2D eigenvalue weighted by molar-refractivity contribution is 0.319. The van der Waals surface area contributed by atoms with Crippen LogP contribution in [0.25, 0.3) is 0 Å². The highest BCUT2D eigenvalue weighted by atomic mass is 16.5. The van der Waals surface area contributed by atoms with E-state index in [1.807, 2.05) is 12.3 Å². The number of piperidine rings is 1. The quantitative estimate of drug-likeness (QED) is 0.801. The molecular formula is C14H20N2O2. The molecule has 0 bridgehead atoms. The molecule has 0 aliphatic carbocycles. The van der Waals surface area contributed by atoms with Crippen molar-refractivity contribution < 1.29 is 4.74 Å². The minimum absolute atomic E-state index is 0.0436. The van der Waals surface area contributed by atoms with Gasteiger partial charge in [0.2, 0.25) is 0 Å². The molecule has 1 saturated heterocycles. The number of rotatable bonds is 5. The SMILES string of the molecule is C=CCOc1cccn(CC2CCNCC2)c1=O. The van der Waals surface area contributed by atoms with E-state index in [1.165, 1.54) is 0 Å². The molecular weight excluding hydrogens is 228 g/mol. The molecule has 0 saturated carbocycles. The highest BCUT2D eigenvalue weighted by Gasteiger charge is 2.14. The van der Waals surface area contributed by atoms with Crippen molar-refractivity contribution in [2.45, 2.75) is 19.4 Å². The van der Waals surface area contributed by atoms with Gasteiger partial charge in [-0.25, -0.2) is 0 Å². The topological polar surface area (TPSA) is 43.3 Å². The van der Waals surface area contributed by atoms with Crippen molar-refractivity contribution in [1.82, 2.24) is 9.88 Å². The molecule has 1 aliphatic rings. The highest BCUT2D eigenvalue weighted by molar-refractivity contribution is 5.17. The van der Waals surface area contributed by atoms with E-state index in [4.69, 9.17) is 4.74 Å². The van der Waals surface area contributed by atoms with Gasteiger partial charge in [-0.2, -0.15) is 0 Å². The predicted octanol–water partition coefficient (Wildman–Crippen LogP) is 1.41. The van der Waals surface area contributed by atoms with Crippen molar-refractivity contribution >= 4 is 0 Å². The third-order valence-corrected chi connectivity index (χ3v) is 3.26. The van der Waals surface area contributed by atoms with Gasteiger partial charge in [0.1, 0.15) is 6.61 Å². The molecule has 0 spiro atoms. The highest BCUT2D eigenvalue weighted by Crippen LogP contribution is 2.14. The summed E-state index contributed by atoms with van der Waals surface area (Å²) in [4.78, 5) is 12.1. The first-order valence-electron chi connectivity index (χ1n) is 6.45. The standard InChI is InChI=1S/C14H20N2O2/c1-2-10-18-13-4-3-9-16(14(13)17)11-12-5-7-15-8-6-12/h2-4,9,12,15H,1,5-8,10-11H2. The second-order valence-electron chi connectivity index (χ2n) is 4.62. The molecule has 4 nitrogen and oxygen atoms in total. The van der Waals surface area contributed by atoms with Crippen LogP contribution >= 0.6 is 0 Å². The first kappa shape index (κ1) is 12.9. The van der Waals surface area contributed by atoms with Crippen LogP contribution in [0.4, 0.5) is 0 Å². The van der Waals surface area contributed by atoms with Crippen molar-refractivity contribution in [3.63, 3.8) is 0 Å². The van der Waals surface area contributed by atoms with Gasteiger partial charge in [-0.05, 0) is 44.0 Å². The van der Waals surface area contributed by atoms with Gasteiger partial charge in [0, 0.05) is 12.7 Å². The maximum absolute atomic E-state index is 12.1. The molecule has 1 aromatic rings. The molecule has 0 radical (unpaired) electrons. The van der Waals surface area contributed by atoms with Crippen LogP contribution in [0.15, 0.2) is 35.8 Å². The summed E-state index contributed by atoms with van der Waals surface area (Å²) in [7, 11) is 0. The molecule has 2 rings (SSSR count). The Balaban J connectivity index is 2.07. The molecule has 0 amide bonds. The van der Waals surface area contributed by atoms with Gasteiger partial charge in [0.15, 0.2) is 5.75 Å². The van der Waals surface area contributed by atoms with Crippen molar-refractivity contribution in [1.29, 1.82) is 0 Å². The van der Waals surface area contributed by atoms with Crippen LogP contribution in [0.1, 0.15) is 12.8 Å². The summed E-state index contributed by atoms with van der Waals surface area (Å²) in [6, 6.07) is 3.58. The van der Waals surface area contributed by atoms with Gasteiger partial charge in [0.05, 0.1) is 0 Å². The lowest BCUT2D eigenvalue weighted by Gasteiger charge is -2.23. The van der Waals surface area contributed by atoms with Gasteiger partial charge in [-0.1, -0.05) is 12.7 Å². The molecule has 98 valence electrons. The van der Waals surface area contributed by atoms with Crippen LogP contribution in [0, 0.1) is 5.92 Å². The minimum atomic E-state index is -0.0436. The predicted molar refractivity (Wildman–Crippen MR) is 72.0 cm³/mol. The van der Waals surface area contributed by atoms with Crippen molar-refractivity contribution in [3.8, 4) is 5.75 Å². The zero-order chi connectivity index (χ0) is 12.8. The number of pyridine rings is 1.